The maximum atomic E-state index is 12.9. The minimum Gasteiger partial charge on any atom is -0.207 e. The Morgan fingerprint density at radius 1 is 0.895 bits per heavy atom. The summed E-state index contributed by atoms with van der Waals surface area (Å²) in [5, 5.41) is 0. The van der Waals surface area contributed by atoms with Gasteiger partial charge in [0.1, 0.15) is 5.82 Å². The van der Waals surface area contributed by atoms with Crippen molar-refractivity contribution in [1.82, 2.24) is 0 Å². The van der Waals surface area contributed by atoms with E-state index in [4.69, 9.17) is 0 Å². The lowest BCUT2D eigenvalue weighted by Crippen LogP contribution is -1.99. The van der Waals surface area contributed by atoms with E-state index in [0.717, 1.165) is 6.42 Å². The van der Waals surface area contributed by atoms with Crippen LogP contribution in [0.4, 0.5) is 4.39 Å². The molecule has 0 amide bonds. The second kappa shape index (κ2) is 6.01. The summed E-state index contributed by atoms with van der Waals surface area (Å²) < 4.78 is 12.9. The molecule has 0 aliphatic carbocycles. The molecular formula is C18H21F. The molecule has 0 aromatic heterocycles. The highest BCUT2D eigenvalue weighted by molar-refractivity contribution is 5.28. The number of hydrogen-bond donors (Lipinski definition) is 0. The van der Waals surface area contributed by atoms with Gasteiger partial charge in [0.15, 0.2) is 0 Å². The summed E-state index contributed by atoms with van der Waals surface area (Å²) in [6, 6.07) is 15.6. The summed E-state index contributed by atoms with van der Waals surface area (Å²) in [6.45, 7) is 6.61. The minimum atomic E-state index is -0.169. The summed E-state index contributed by atoms with van der Waals surface area (Å²) in [6.07, 6.45) is 0.992. The van der Waals surface area contributed by atoms with Crippen LogP contribution in [0.15, 0.2) is 48.5 Å². The van der Waals surface area contributed by atoms with Crippen LogP contribution in [0.1, 0.15) is 49.3 Å². The number of hydrogen-bond acceptors (Lipinski definition) is 0. The molecule has 0 aliphatic rings. The minimum absolute atomic E-state index is 0.169. The summed E-state index contributed by atoms with van der Waals surface area (Å²) in [5.41, 5.74) is 3.92. The maximum Gasteiger partial charge on any atom is 0.123 e. The Morgan fingerprint density at radius 3 is 2.21 bits per heavy atom. The van der Waals surface area contributed by atoms with Crippen molar-refractivity contribution in [3.8, 4) is 0 Å². The Labute approximate surface area is 115 Å². The standard InChI is InChI=1S/C18H21F/c1-13(2)17-6-4-5-15(12-17)11-14(3)16-7-9-18(19)10-8-16/h4-10,12-14H,11H2,1-3H3. The van der Waals surface area contributed by atoms with Crippen molar-refractivity contribution in [2.75, 3.05) is 0 Å². The maximum absolute atomic E-state index is 12.9. The van der Waals surface area contributed by atoms with Gasteiger partial charge in [-0.1, -0.05) is 57.2 Å². The first kappa shape index (κ1) is 13.8. The number of rotatable bonds is 4. The van der Waals surface area contributed by atoms with Gasteiger partial charge in [0, 0.05) is 0 Å². The van der Waals surface area contributed by atoms with Gasteiger partial charge in [-0.25, -0.2) is 4.39 Å². The fourth-order valence-electron chi connectivity index (χ4n) is 2.34. The van der Waals surface area contributed by atoms with E-state index in [2.05, 4.69) is 45.0 Å². The Balaban J connectivity index is 2.12. The molecule has 1 atom stereocenters. The van der Waals surface area contributed by atoms with Crippen LogP contribution in [0, 0.1) is 5.82 Å². The van der Waals surface area contributed by atoms with Crippen LogP contribution in [-0.2, 0) is 6.42 Å². The Bertz CT molecular complexity index is 526. The molecule has 19 heavy (non-hydrogen) atoms. The average molecular weight is 256 g/mol. The fraction of sp³-hybridized carbons (Fsp3) is 0.333. The van der Waals surface area contributed by atoms with Crippen LogP contribution in [0.5, 0.6) is 0 Å². The lowest BCUT2D eigenvalue weighted by molar-refractivity contribution is 0.625. The summed E-state index contributed by atoms with van der Waals surface area (Å²) in [4.78, 5) is 0. The number of benzene rings is 2. The van der Waals surface area contributed by atoms with Gasteiger partial charge in [-0.3, -0.25) is 0 Å². The predicted octanol–water partition coefficient (Wildman–Crippen LogP) is 5.30. The molecule has 0 N–H and O–H groups in total. The van der Waals surface area contributed by atoms with E-state index in [0.29, 0.717) is 11.8 Å². The first-order valence-corrected chi connectivity index (χ1v) is 6.90. The normalized spacial score (nSPS) is 12.7. The van der Waals surface area contributed by atoms with E-state index < -0.39 is 0 Å². The third kappa shape index (κ3) is 3.66. The Morgan fingerprint density at radius 2 is 1.58 bits per heavy atom. The molecule has 0 fully saturated rings. The molecule has 2 aromatic carbocycles. The van der Waals surface area contributed by atoms with Crippen LogP contribution >= 0.6 is 0 Å². The van der Waals surface area contributed by atoms with Crippen LogP contribution < -0.4 is 0 Å². The zero-order valence-electron chi connectivity index (χ0n) is 11.9. The molecule has 0 bridgehead atoms. The van der Waals surface area contributed by atoms with Crippen molar-refractivity contribution in [1.29, 1.82) is 0 Å². The monoisotopic (exact) mass is 256 g/mol. The lowest BCUT2D eigenvalue weighted by atomic mass is 9.91. The smallest absolute Gasteiger partial charge is 0.123 e. The zero-order chi connectivity index (χ0) is 13.8. The van der Waals surface area contributed by atoms with Crippen LogP contribution in [-0.4, -0.2) is 0 Å². The van der Waals surface area contributed by atoms with E-state index in [1.165, 1.54) is 28.8 Å². The molecule has 2 aromatic rings. The van der Waals surface area contributed by atoms with Gasteiger partial charge >= 0.3 is 0 Å². The van der Waals surface area contributed by atoms with Crippen molar-refractivity contribution in [2.45, 2.75) is 39.0 Å². The van der Waals surface area contributed by atoms with Gasteiger partial charge in [0.25, 0.3) is 0 Å². The van der Waals surface area contributed by atoms with Gasteiger partial charge in [-0.05, 0) is 47.1 Å². The molecule has 0 saturated heterocycles. The summed E-state index contributed by atoms with van der Waals surface area (Å²) in [7, 11) is 0. The third-order valence-corrected chi connectivity index (χ3v) is 3.60. The van der Waals surface area contributed by atoms with Crippen LogP contribution in [0.3, 0.4) is 0 Å². The molecule has 0 nitrogen and oxygen atoms in total. The van der Waals surface area contributed by atoms with Crippen molar-refractivity contribution in [2.24, 2.45) is 0 Å². The van der Waals surface area contributed by atoms with E-state index in [1.54, 1.807) is 0 Å². The van der Waals surface area contributed by atoms with E-state index >= 15 is 0 Å². The van der Waals surface area contributed by atoms with Gasteiger partial charge < -0.3 is 0 Å². The molecule has 0 aliphatic heterocycles. The molecule has 100 valence electrons. The van der Waals surface area contributed by atoms with Crippen LogP contribution in [0.25, 0.3) is 0 Å². The molecular weight excluding hydrogens is 235 g/mol. The van der Waals surface area contributed by atoms with Gasteiger partial charge in [-0.2, -0.15) is 0 Å². The van der Waals surface area contributed by atoms with Crippen molar-refractivity contribution >= 4 is 0 Å². The molecule has 2 rings (SSSR count). The first-order chi connectivity index (χ1) is 9.06. The van der Waals surface area contributed by atoms with Crippen molar-refractivity contribution in [3.63, 3.8) is 0 Å². The highest BCUT2D eigenvalue weighted by Crippen LogP contribution is 2.23. The molecule has 0 saturated carbocycles. The van der Waals surface area contributed by atoms with Crippen LogP contribution in [0.2, 0.25) is 0 Å². The zero-order valence-corrected chi connectivity index (χ0v) is 11.9. The Kier molecular flexibility index (Phi) is 4.36. The second-order valence-corrected chi connectivity index (χ2v) is 5.56. The second-order valence-electron chi connectivity index (χ2n) is 5.56. The van der Waals surface area contributed by atoms with E-state index in [9.17, 15) is 4.39 Å². The highest BCUT2D eigenvalue weighted by Gasteiger charge is 2.08. The first-order valence-electron chi connectivity index (χ1n) is 6.90. The Hall–Kier alpha value is -1.63. The number of halogens is 1. The van der Waals surface area contributed by atoms with E-state index in [-0.39, 0.29) is 5.82 Å². The lowest BCUT2D eigenvalue weighted by Gasteiger charge is -2.14. The highest BCUT2D eigenvalue weighted by atomic mass is 19.1. The molecule has 1 heteroatoms. The van der Waals surface area contributed by atoms with Crippen molar-refractivity contribution < 1.29 is 4.39 Å². The molecule has 0 spiro atoms. The summed E-state index contributed by atoms with van der Waals surface area (Å²) in [5.74, 6) is 0.793. The largest absolute Gasteiger partial charge is 0.207 e. The topological polar surface area (TPSA) is 0 Å². The molecule has 0 heterocycles. The SMILES string of the molecule is CC(C)c1cccc(CC(C)c2ccc(F)cc2)c1. The fourth-order valence-corrected chi connectivity index (χ4v) is 2.34. The predicted molar refractivity (Wildman–Crippen MR) is 79.1 cm³/mol. The van der Waals surface area contributed by atoms with E-state index in [1.807, 2.05) is 12.1 Å². The quantitative estimate of drug-likeness (QED) is 0.696. The molecule has 0 radical (unpaired) electrons. The molecule has 1 unspecified atom stereocenters. The van der Waals surface area contributed by atoms with Gasteiger partial charge in [-0.15, -0.1) is 0 Å². The van der Waals surface area contributed by atoms with Gasteiger partial charge in [0.2, 0.25) is 0 Å². The summed E-state index contributed by atoms with van der Waals surface area (Å²) >= 11 is 0. The third-order valence-electron chi connectivity index (χ3n) is 3.60. The van der Waals surface area contributed by atoms with Gasteiger partial charge in [0.05, 0.1) is 0 Å². The average Bonchev–Trinajstić information content (AvgIpc) is 2.39. The van der Waals surface area contributed by atoms with Crippen molar-refractivity contribution in [3.05, 3.63) is 71.0 Å².